The van der Waals surface area contributed by atoms with Crippen LogP contribution in [-0.2, 0) is 0 Å². The fourth-order valence-electron chi connectivity index (χ4n) is 2.99. The molecule has 3 heteroatoms. The Balaban J connectivity index is 2.10. The lowest BCUT2D eigenvalue weighted by molar-refractivity contribution is 0.0920. The van der Waals surface area contributed by atoms with Gasteiger partial charge in [0.1, 0.15) is 0 Å². The first kappa shape index (κ1) is 14.8. The molecule has 1 aliphatic heterocycles. The third-order valence-corrected chi connectivity index (χ3v) is 4.91. The molecule has 1 aromatic rings. The van der Waals surface area contributed by atoms with Gasteiger partial charge in [0.2, 0.25) is 0 Å². The topological polar surface area (TPSA) is 15.3 Å². The standard InChI is InChI=1S/C16H25ClN2/c1-4-16(5-2)12-19(11-10-18-16)13(3)14-6-8-15(17)9-7-14/h6-9,13,18H,4-5,10-12H2,1-3H3. The van der Waals surface area contributed by atoms with Crippen LogP contribution in [0, 0.1) is 0 Å². The number of piperazine rings is 1. The molecular formula is C16H25ClN2. The fraction of sp³-hybridized carbons (Fsp3) is 0.625. The van der Waals surface area contributed by atoms with Crippen molar-refractivity contribution in [2.45, 2.75) is 45.2 Å². The molecule has 19 heavy (non-hydrogen) atoms. The van der Waals surface area contributed by atoms with Crippen molar-refractivity contribution in [1.82, 2.24) is 10.2 Å². The van der Waals surface area contributed by atoms with Crippen molar-refractivity contribution in [2.75, 3.05) is 19.6 Å². The minimum absolute atomic E-state index is 0.291. The second-order valence-electron chi connectivity index (χ2n) is 5.61. The zero-order chi connectivity index (χ0) is 13.9. The maximum absolute atomic E-state index is 5.97. The fourth-order valence-corrected chi connectivity index (χ4v) is 3.12. The van der Waals surface area contributed by atoms with Gasteiger partial charge in [0.25, 0.3) is 0 Å². The van der Waals surface area contributed by atoms with Crippen molar-refractivity contribution in [3.63, 3.8) is 0 Å². The van der Waals surface area contributed by atoms with Gasteiger partial charge in [-0.05, 0) is 37.5 Å². The van der Waals surface area contributed by atoms with Gasteiger partial charge in [0.05, 0.1) is 0 Å². The molecule has 2 nitrogen and oxygen atoms in total. The highest BCUT2D eigenvalue weighted by Crippen LogP contribution is 2.28. The Hall–Kier alpha value is -0.570. The molecule has 1 fully saturated rings. The van der Waals surface area contributed by atoms with E-state index in [2.05, 4.69) is 43.1 Å². The van der Waals surface area contributed by atoms with E-state index in [-0.39, 0.29) is 0 Å². The molecule has 0 saturated carbocycles. The van der Waals surface area contributed by atoms with Gasteiger partial charge in [0, 0.05) is 36.2 Å². The Kier molecular flexibility index (Phi) is 4.88. The maximum atomic E-state index is 5.97. The molecule has 0 radical (unpaired) electrons. The van der Waals surface area contributed by atoms with E-state index < -0.39 is 0 Å². The van der Waals surface area contributed by atoms with Gasteiger partial charge in [0.15, 0.2) is 0 Å². The predicted octanol–water partition coefficient (Wildman–Crippen LogP) is 3.87. The number of nitrogens with one attached hydrogen (secondary N) is 1. The maximum Gasteiger partial charge on any atom is 0.0406 e. The first-order valence-corrected chi connectivity index (χ1v) is 7.72. The van der Waals surface area contributed by atoms with Crippen LogP contribution in [0.2, 0.25) is 5.02 Å². The highest BCUT2D eigenvalue weighted by Gasteiger charge is 2.33. The Morgan fingerprint density at radius 2 is 1.89 bits per heavy atom. The van der Waals surface area contributed by atoms with Crippen LogP contribution in [0.3, 0.4) is 0 Å². The van der Waals surface area contributed by atoms with E-state index in [1.807, 2.05) is 12.1 Å². The first-order chi connectivity index (χ1) is 9.10. The van der Waals surface area contributed by atoms with Crippen molar-refractivity contribution in [2.24, 2.45) is 0 Å². The largest absolute Gasteiger partial charge is 0.309 e. The summed E-state index contributed by atoms with van der Waals surface area (Å²) in [4.78, 5) is 2.59. The predicted molar refractivity (Wildman–Crippen MR) is 82.8 cm³/mol. The molecule has 1 atom stereocenters. The Bertz CT molecular complexity index is 398. The number of rotatable bonds is 4. The van der Waals surface area contributed by atoms with Gasteiger partial charge in [-0.15, -0.1) is 0 Å². The molecule has 1 saturated heterocycles. The highest BCUT2D eigenvalue weighted by molar-refractivity contribution is 6.30. The summed E-state index contributed by atoms with van der Waals surface area (Å²) in [6, 6.07) is 8.73. The van der Waals surface area contributed by atoms with Gasteiger partial charge in [-0.25, -0.2) is 0 Å². The Labute approximate surface area is 122 Å². The number of hydrogen-bond donors (Lipinski definition) is 1. The summed E-state index contributed by atoms with van der Waals surface area (Å²) in [5, 5.41) is 4.53. The van der Waals surface area contributed by atoms with Crippen LogP contribution < -0.4 is 5.32 Å². The zero-order valence-electron chi connectivity index (χ0n) is 12.2. The molecular weight excluding hydrogens is 256 g/mol. The molecule has 1 heterocycles. The monoisotopic (exact) mass is 280 g/mol. The van der Waals surface area contributed by atoms with Gasteiger partial charge >= 0.3 is 0 Å². The van der Waals surface area contributed by atoms with Crippen LogP contribution in [-0.4, -0.2) is 30.1 Å². The van der Waals surface area contributed by atoms with Crippen LogP contribution >= 0.6 is 11.6 Å². The van der Waals surface area contributed by atoms with Crippen LogP contribution in [0.25, 0.3) is 0 Å². The molecule has 2 rings (SSSR count). The van der Waals surface area contributed by atoms with Crippen molar-refractivity contribution in [3.05, 3.63) is 34.9 Å². The van der Waals surface area contributed by atoms with Crippen LogP contribution in [0.15, 0.2) is 24.3 Å². The number of hydrogen-bond acceptors (Lipinski definition) is 2. The highest BCUT2D eigenvalue weighted by atomic mass is 35.5. The summed E-state index contributed by atoms with van der Waals surface area (Å²) in [6.07, 6.45) is 2.38. The molecule has 0 bridgehead atoms. The normalized spacial score (nSPS) is 21.3. The third kappa shape index (κ3) is 3.31. The van der Waals surface area contributed by atoms with E-state index in [0.717, 1.165) is 24.7 Å². The summed E-state index contributed by atoms with van der Waals surface area (Å²) in [5.74, 6) is 0. The number of halogens is 1. The van der Waals surface area contributed by atoms with Crippen molar-refractivity contribution in [1.29, 1.82) is 0 Å². The zero-order valence-corrected chi connectivity index (χ0v) is 13.0. The first-order valence-electron chi connectivity index (χ1n) is 7.35. The SMILES string of the molecule is CCC1(CC)CN(C(C)c2ccc(Cl)cc2)CCN1. The molecule has 1 aliphatic rings. The molecule has 1 N–H and O–H groups in total. The smallest absolute Gasteiger partial charge is 0.0406 e. The molecule has 0 spiro atoms. The summed E-state index contributed by atoms with van der Waals surface area (Å²) in [7, 11) is 0. The average molecular weight is 281 g/mol. The molecule has 1 aromatic carbocycles. The molecule has 0 amide bonds. The summed E-state index contributed by atoms with van der Waals surface area (Å²) in [5.41, 5.74) is 1.64. The van der Waals surface area contributed by atoms with Crippen LogP contribution in [0.5, 0.6) is 0 Å². The van der Waals surface area contributed by atoms with E-state index >= 15 is 0 Å². The average Bonchev–Trinajstić information content (AvgIpc) is 2.47. The molecule has 1 unspecified atom stereocenters. The van der Waals surface area contributed by atoms with Crippen molar-refractivity contribution in [3.8, 4) is 0 Å². The third-order valence-electron chi connectivity index (χ3n) is 4.66. The van der Waals surface area contributed by atoms with E-state index in [9.17, 15) is 0 Å². The summed E-state index contributed by atoms with van der Waals surface area (Å²) >= 11 is 5.97. The number of benzene rings is 1. The van der Waals surface area contributed by atoms with Gasteiger partial charge < -0.3 is 5.32 Å². The Morgan fingerprint density at radius 3 is 2.47 bits per heavy atom. The van der Waals surface area contributed by atoms with Crippen LogP contribution in [0.4, 0.5) is 0 Å². The minimum atomic E-state index is 0.291. The second-order valence-corrected chi connectivity index (χ2v) is 6.05. The van der Waals surface area contributed by atoms with E-state index in [0.29, 0.717) is 11.6 Å². The lowest BCUT2D eigenvalue weighted by Gasteiger charge is -2.45. The van der Waals surface area contributed by atoms with Crippen LogP contribution in [0.1, 0.15) is 45.2 Å². The molecule has 106 valence electrons. The number of nitrogens with zero attached hydrogens (tertiary/aromatic N) is 1. The van der Waals surface area contributed by atoms with Gasteiger partial charge in [-0.2, -0.15) is 0 Å². The van der Waals surface area contributed by atoms with Crippen molar-refractivity contribution < 1.29 is 0 Å². The lowest BCUT2D eigenvalue weighted by Crippen LogP contribution is -2.60. The second kappa shape index (κ2) is 6.25. The summed E-state index contributed by atoms with van der Waals surface area (Å²) < 4.78 is 0. The van der Waals surface area contributed by atoms with E-state index in [4.69, 9.17) is 11.6 Å². The summed E-state index contributed by atoms with van der Waals surface area (Å²) in [6.45, 7) is 10.2. The van der Waals surface area contributed by atoms with Gasteiger partial charge in [-0.1, -0.05) is 37.6 Å². The van der Waals surface area contributed by atoms with E-state index in [1.54, 1.807) is 0 Å². The van der Waals surface area contributed by atoms with Gasteiger partial charge in [-0.3, -0.25) is 4.90 Å². The molecule has 0 aromatic heterocycles. The quantitative estimate of drug-likeness (QED) is 0.901. The van der Waals surface area contributed by atoms with E-state index in [1.165, 1.54) is 18.4 Å². The Morgan fingerprint density at radius 1 is 1.26 bits per heavy atom. The van der Waals surface area contributed by atoms with Crippen molar-refractivity contribution >= 4 is 11.6 Å². The minimum Gasteiger partial charge on any atom is -0.309 e. The lowest BCUT2D eigenvalue weighted by atomic mass is 9.89. The molecule has 0 aliphatic carbocycles.